The molecule has 3 heterocycles. The van der Waals surface area contributed by atoms with Gasteiger partial charge in [-0.1, -0.05) is 42.5 Å². The lowest BCUT2D eigenvalue weighted by Crippen LogP contribution is -2.56. The Kier molecular flexibility index (Phi) is 8.80. The normalized spacial score (nSPS) is 25.7. The molecule has 42 heavy (non-hydrogen) atoms. The van der Waals surface area contributed by atoms with Gasteiger partial charge in [0.05, 0.1) is 25.0 Å². The summed E-state index contributed by atoms with van der Waals surface area (Å²) in [6, 6.07) is 15.9. The van der Waals surface area contributed by atoms with Crippen LogP contribution in [0.3, 0.4) is 0 Å². The fourth-order valence-corrected chi connectivity index (χ4v) is 6.96. The first-order valence-corrected chi connectivity index (χ1v) is 14.5. The quantitative estimate of drug-likeness (QED) is 0.370. The highest BCUT2D eigenvalue weighted by molar-refractivity contribution is 6.05. The molecule has 9 nitrogen and oxygen atoms in total. The molecule has 0 aromatic heterocycles. The summed E-state index contributed by atoms with van der Waals surface area (Å²) < 4.78 is 11.9. The number of likely N-dealkylation sites (tertiary alicyclic amines) is 1. The molecule has 3 aliphatic heterocycles. The van der Waals surface area contributed by atoms with Crippen molar-refractivity contribution in [3.8, 4) is 5.75 Å². The Morgan fingerprint density at radius 1 is 1.10 bits per heavy atom. The SMILES string of the molecule is C=CCN(Cc1ccccc1)C(=O)[C@@H]1[C@H]2C(=O)N(CCCO)C(C(=O)N(CC=C)c3ccc(OC)cc3)C23CC[C@H]1O3. The maximum atomic E-state index is 14.5. The molecule has 3 saturated heterocycles. The molecule has 3 aliphatic rings. The van der Waals surface area contributed by atoms with Gasteiger partial charge in [0.2, 0.25) is 11.8 Å². The van der Waals surface area contributed by atoms with E-state index < -0.39 is 29.6 Å². The van der Waals surface area contributed by atoms with Gasteiger partial charge in [0, 0.05) is 38.5 Å². The van der Waals surface area contributed by atoms with E-state index in [4.69, 9.17) is 9.47 Å². The molecule has 222 valence electrons. The van der Waals surface area contributed by atoms with E-state index in [0.29, 0.717) is 43.8 Å². The van der Waals surface area contributed by atoms with Crippen molar-refractivity contribution < 1.29 is 29.0 Å². The molecule has 9 heteroatoms. The highest BCUT2D eigenvalue weighted by Gasteiger charge is 2.74. The summed E-state index contributed by atoms with van der Waals surface area (Å²) in [5, 5.41) is 9.64. The Morgan fingerprint density at radius 3 is 2.45 bits per heavy atom. The molecule has 1 N–H and O–H groups in total. The van der Waals surface area contributed by atoms with Crippen LogP contribution in [0.15, 0.2) is 79.9 Å². The van der Waals surface area contributed by atoms with E-state index in [0.717, 1.165) is 5.56 Å². The van der Waals surface area contributed by atoms with Crippen molar-refractivity contribution in [3.05, 3.63) is 85.5 Å². The number of methoxy groups -OCH3 is 1. The molecule has 2 unspecified atom stereocenters. The molecule has 2 aromatic rings. The van der Waals surface area contributed by atoms with E-state index in [1.165, 1.54) is 0 Å². The largest absolute Gasteiger partial charge is 0.497 e. The average molecular weight is 574 g/mol. The summed E-state index contributed by atoms with van der Waals surface area (Å²) in [6.07, 6.45) is 4.24. The molecular weight excluding hydrogens is 534 g/mol. The highest BCUT2D eigenvalue weighted by Crippen LogP contribution is 2.59. The Bertz CT molecular complexity index is 1310. The molecule has 3 amide bonds. The van der Waals surface area contributed by atoms with Crippen LogP contribution in [0.5, 0.6) is 5.75 Å². The number of carbonyl (C=O) groups is 3. The number of hydrogen-bond donors (Lipinski definition) is 1. The smallest absolute Gasteiger partial charge is 0.253 e. The Balaban J connectivity index is 1.50. The van der Waals surface area contributed by atoms with Gasteiger partial charge in [-0.05, 0) is 49.1 Å². The second kappa shape index (κ2) is 12.5. The second-order valence-electron chi connectivity index (χ2n) is 11.1. The van der Waals surface area contributed by atoms with Crippen LogP contribution < -0.4 is 9.64 Å². The molecule has 1 spiro atoms. The number of aliphatic hydroxyl groups excluding tert-OH is 1. The van der Waals surface area contributed by atoms with Gasteiger partial charge in [-0.15, -0.1) is 13.2 Å². The molecule has 0 saturated carbocycles. The zero-order valence-electron chi connectivity index (χ0n) is 24.1. The minimum Gasteiger partial charge on any atom is -0.497 e. The number of amides is 3. The Labute approximate surface area is 247 Å². The topological polar surface area (TPSA) is 99.6 Å². The third kappa shape index (κ3) is 5.12. The highest BCUT2D eigenvalue weighted by atomic mass is 16.5. The number of aliphatic hydroxyl groups is 1. The summed E-state index contributed by atoms with van der Waals surface area (Å²) in [5.41, 5.74) is 0.476. The van der Waals surface area contributed by atoms with Gasteiger partial charge in [0.1, 0.15) is 17.4 Å². The molecular formula is C33H39N3O6. The predicted octanol–water partition coefficient (Wildman–Crippen LogP) is 3.19. The van der Waals surface area contributed by atoms with Gasteiger partial charge >= 0.3 is 0 Å². The summed E-state index contributed by atoms with van der Waals surface area (Å²) in [5.74, 6) is -1.58. The van der Waals surface area contributed by atoms with Crippen molar-refractivity contribution in [2.24, 2.45) is 11.8 Å². The fourth-order valence-electron chi connectivity index (χ4n) is 6.96. The van der Waals surface area contributed by atoms with Crippen LogP contribution in [0.4, 0.5) is 5.69 Å². The number of fused-ring (bicyclic) bond motifs is 1. The number of hydrogen-bond acceptors (Lipinski definition) is 6. The molecule has 5 rings (SSSR count). The van der Waals surface area contributed by atoms with Crippen LogP contribution in [0.1, 0.15) is 24.8 Å². The summed E-state index contributed by atoms with van der Waals surface area (Å²) in [7, 11) is 1.58. The Hall–Kier alpha value is -3.95. The van der Waals surface area contributed by atoms with Crippen LogP contribution >= 0.6 is 0 Å². The van der Waals surface area contributed by atoms with E-state index in [1.54, 1.807) is 58.2 Å². The van der Waals surface area contributed by atoms with Gasteiger partial charge in [0.25, 0.3) is 5.91 Å². The summed E-state index contributed by atoms with van der Waals surface area (Å²) in [4.78, 5) is 47.8. The van der Waals surface area contributed by atoms with Gasteiger partial charge < -0.3 is 29.3 Å². The van der Waals surface area contributed by atoms with Gasteiger partial charge in [-0.3, -0.25) is 14.4 Å². The first-order chi connectivity index (χ1) is 20.4. The van der Waals surface area contributed by atoms with E-state index in [2.05, 4.69) is 13.2 Å². The van der Waals surface area contributed by atoms with Crippen molar-refractivity contribution in [2.45, 2.75) is 43.6 Å². The molecule has 2 aromatic carbocycles. The van der Waals surface area contributed by atoms with E-state index in [9.17, 15) is 19.5 Å². The number of carbonyl (C=O) groups excluding carboxylic acids is 3. The summed E-state index contributed by atoms with van der Waals surface area (Å²) in [6.45, 7) is 8.68. The van der Waals surface area contributed by atoms with Crippen molar-refractivity contribution in [3.63, 3.8) is 0 Å². The van der Waals surface area contributed by atoms with Crippen LogP contribution in [-0.4, -0.2) is 83.7 Å². The monoisotopic (exact) mass is 573 g/mol. The summed E-state index contributed by atoms with van der Waals surface area (Å²) >= 11 is 0. The average Bonchev–Trinajstić information content (AvgIpc) is 3.66. The first-order valence-electron chi connectivity index (χ1n) is 14.5. The van der Waals surface area contributed by atoms with Gasteiger partial charge in [-0.25, -0.2) is 0 Å². The second-order valence-corrected chi connectivity index (χ2v) is 11.1. The third-order valence-electron chi connectivity index (χ3n) is 8.72. The first kappa shape index (κ1) is 29.5. The molecule has 0 radical (unpaired) electrons. The molecule has 2 bridgehead atoms. The zero-order valence-corrected chi connectivity index (χ0v) is 24.1. The van der Waals surface area contributed by atoms with Crippen LogP contribution in [0, 0.1) is 11.8 Å². The molecule has 5 atom stereocenters. The lowest BCUT2D eigenvalue weighted by Gasteiger charge is -2.37. The predicted molar refractivity (Wildman–Crippen MR) is 159 cm³/mol. The maximum Gasteiger partial charge on any atom is 0.253 e. The van der Waals surface area contributed by atoms with E-state index >= 15 is 0 Å². The standard InChI is InChI=1S/C33H39N3O6/c1-4-18-34(22-23-10-7-6-8-11-23)30(38)27-26-16-17-33(42-26)28(27)31(39)36(20-9-21-37)29(33)32(40)35(19-5-2)24-12-14-25(41-3)15-13-24/h4-8,10-15,26-29,37H,1-2,9,16-22H2,3H3/t26-,27+,28+,29?,33?/m1/s1. The number of anilines is 1. The maximum absolute atomic E-state index is 14.5. The van der Waals surface area contributed by atoms with Gasteiger partial charge in [0.15, 0.2) is 0 Å². The van der Waals surface area contributed by atoms with Gasteiger partial charge in [-0.2, -0.15) is 0 Å². The fraction of sp³-hybridized carbons (Fsp3) is 0.424. The number of nitrogens with zero attached hydrogens (tertiary/aromatic N) is 3. The van der Waals surface area contributed by atoms with Crippen molar-refractivity contribution in [1.29, 1.82) is 0 Å². The van der Waals surface area contributed by atoms with Crippen molar-refractivity contribution in [2.75, 3.05) is 38.3 Å². The van der Waals surface area contributed by atoms with Crippen LogP contribution in [0.25, 0.3) is 0 Å². The lowest BCUT2D eigenvalue weighted by atomic mass is 9.70. The van der Waals surface area contributed by atoms with E-state index in [-0.39, 0.29) is 37.4 Å². The van der Waals surface area contributed by atoms with Crippen LogP contribution in [-0.2, 0) is 25.7 Å². The minimum absolute atomic E-state index is 0.132. The number of ether oxygens (including phenoxy) is 2. The molecule has 0 aliphatic carbocycles. The van der Waals surface area contributed by atoms with Crippen molar-refractivity contribution in [1.82, 2.24) is 9.80 Å². The number of rotatable bonds is 13. The van der Waals surface area contributed by atoms with E-state index in [1.807, 2.05) is 30.3 Å². The van der Waals surface area contributed by atoms with Crippen LogP contribution in [0.2, 0.25) is 0 Å². The Morgan fingerprint density at radius 2 is 1.81 bits per heavy atom. The molecule has 3 fully saturated rings. The number of benzene rings is 2. The van der Waals surface area contributed by atoms with Crippen molar-refractivity contribution >= 4 is 23.4 Å². The zero-order chi connectivity index (χ0) is 29.9. The third-order valence-corrected chi connectivity index (χ3v) is 8.72. The lowest BCUT2D eigenvalue weighted by molar-refractivity contribution is -0.145. The minimum atomic E-state index is -1.13.